The van der Waals surface area contributed by atoms with Gasteiger partial charge in [0.05, 0.1) is 19.8 Å². The number of carbonyl (C=O) groups is 6. The molecule has 0 radical (unpaired) electrons. The van der Waals surface area contributed by atoms with E-state index in [-0.39, 0.29) is 44.7 Å². The fraction of sp³-hybridized carbons (Fsp3) is 0.684. The summed E-state index contributed by atoms with van der Waals surface area (Å²) in [6.45, 7) is 10.6. The molecule has 0 bridgehead atoms. The van der Waals surface area contributed by atoms with E-state index in [1.165, 1.54) is 16.7 Å². The van der Waals surface area contributed by atoms with Gasteiger partial charge in [-0.3, -0.25) is 28.8 Å². The Balaban J connectivity index is 1.83. The van der Waals surface area contributed by atoms with Gasteiger partial charge in [-0.1, -0.05) is 33.8 Å². The molecule has 1 aromatic carbocycles. The molecule has 0 saturated carbocycles. The van der Waals surface area contributed by atoms with E-state index in [1.54, 1.807) is 38.4 Å². The van der Waals surface area contributed by atoms with E-state index in [1.807, 2.05) is 13.8 Å². The molecule has 1 aromatic rings. The fourth-order valence-electron chi connectivity index (χ4n) is 6.03. The van der Waals surface area contributed by atoms with Crippen molar-refractivity contribution in [2.75, 3.05) is 53.7 Å². The van der Waals surface area contributed by atoms with Crippen molar-refractivity contribution in [2.24, 2.45) is 11.8 Å². The van der Waals surface area contributed by atoms with E-state index < -0.39 is 59.7 Å². The van der Waals surface area contributed by atoms with Crippen molar-refractivity contribution in [3.05, 3.63) is 29.8 Å². The second-order valence-corrected chi connectivity index (χ2v) is 14.8. The van der Waals surface area contributed by atoms with E-state index in [4.69, 9.17) is 14.2 Å². The van der Waals surface area contributed by atoms with Crippen LogP contribution in [0.1, 0.15) is 83.5 Å². The largest absolute Gasteiger partial charge is 0.494 e. The predicted molar refractivity (Wildman–Crippen MR) is 198 cm³/mol. The first kappa shape index (κ1) is 43.2. The molecule has 6 amide bonds. The summed E-state index contributed by atoms with van der Waals surface area (Å²) < 4.78 is 17.4. The molecule has 2 heterocycles. The molecule has 5 atom stereocenters. The number of fused-ring (bicyclic) bond motifs is 1. The van der Waals surface area contributed by atoms with E-state index in [0.717, 1.165) is 6.42 Å². The SMILES string of the molecule is CC(C)CCOc1cccc(C(=O)N[C@H]2COCCCCOC[C@@H](C(=O)N(C)C)NC(=O)[C@@H]3CCCN3C(=O)[C@H](C)NC(=O)[C@H](CC(C)C)NC2=O)c1. The lowest BCUT2D eigenvalue weighted by molar-refractivity contribution is -0.143. The molecule has 2 saturated heterocycles. The zero-order chi connectivity index (χ0) is 39.1. The first-order valence-corrected chi connectivity index (χ1v) is 18.8. The smallest absolute Gasteiger partial charge is 0.252 e. The van der Waals surface area contributed by atoms with Gasteiger partial charge in [-0.15, -0.1) is 0 Å². The third kappa shape index (κ3) is 13.9. The topological polar surface area (TPSA) is 185 Å². The second kappa shape index (κ2) is 21.5. The second-order valence-electron chi connectivity index (χ2n) is 14.8. The van der Waals surface area contributed by atoms with Gasteiger partial charge in [0.25, 0.3) is 5.91 Å². The Morgan fingerprint density at radius 3 is 2.28 bits per heavy atom. The van der Waals surface area contributed by atoms with Crippen molar-refractivity contribution in [2.45, 2.75) is 103 Å². The Bertz CT molecular complexity index is 1400. The van der Waals surface area contributed by atoms with Gasteiger partial charge in [-0.05, 0) is 75.5 Å². The minimum Gasteiger partial charge on any atom is -0.494 e. The summed E-state index contributed by atoms with van der Waals surface area (Å²) in [4.78, 5) is 83.7. The van der Waals surface area contributed by atoms with Gasteiger partial charge in [0.15, 0.2) is 0 Å². The molecule has 53 heavy (non-hydrogen) atoms. The van der Waals surface area contributed by atoms with Crippen LogP contribution in [0.2, 0.25) is 0 Å². The molecular formula is C38H60N6O9. The Morgan fingerprint density at radius 2 is 1.62 bits per heavy atom. The Hall–Kier alpha value is -4.24. The maximum atomic E-state index is 13.8. The van der Waals surface area contributed by atoms with Gasteiger partial charge < -0.3 is 45.3 Å². The molecule has 2 fully saturated rings. The summed E-state index contributed by atoms with van der Waals surface area (Å²) in [5.41, 5.74) is 0.294. The molecule has 0 aromatic heterocycles. The first-order valence-electron chi connectivity index (χ1n) is 18.8. The van der Waals surface area contributed by atoms with Crippen LogP contribution in [0.3, 0.4) is 0 Å². The molecule has 0 unspecified atom stereocenters. The van der Waals surface area contributed by atoms with Crippen LogP contribution in [0, 0.1) is 11.8 Å². The zero-order valence-electron chi connectivity index (χ0n) is 32.4. The molecule has 296 valence electrons. The first-order chi connectivity index (χ1) is 25.2. The predicted octanol–water partition coefficient (Wildman–Crippen LogP) is 1.64. The van der Waals surface area contributed by atoms with Crippen molar-refractivity contribution in [1.29, 1.82) is 0 Å². The number of hydrogen-bond donors (Lipinski definition) is 4. The van der Waals surface area contributed by atoms with Crippen LogP contribution in [-0.2, 0) is 33.4 Å². The van der Waals surface area contributed by atoms with Crippen LogP contribution in [0.5, 0.6) is 5.75 Å². The van der Waals surface area contributed by atoms with Gasteiger partial charge in [-0.25, -0.2) is 0 Å². The van der Waals surface area contributed by atoms with Crippen LogP contribution in [-0.4, -0.2) is 129 Å². The van der Waals surface area contributed by atoms with E-state index in [0.29, 0.717) is 56.1 Å². The van der Waals surface area contributed by atoms with Crippen molar-refractivity contribution in [3.63, 3.8) is 0 Å². The summed E-state index contributed by atoms with van der Waals surface area (Å²) in [6.07, 6.45) is 3.19. The van der Waals surface area contributed by atoms with Crippen LogP contribution >= 0.6 is 0 Å². The number of nitrogens with one attached hydrogen (secondary N) is 4. The molecule has 0 aliphatic carbocycles. The average Bonchev–Trinajstić information content (AvgIpc) is 3.60. The van der Waals surface area contributed by atoms with E-state index in [2.05, 4.69) is 35.1 Å². The molecule has 4 N–H and O–H groups in total. The lowest BCUT2D eigenvalue weighted by Gasteiger charge is -2.30. The minimum absolute atomic E-state index is 0.0130. The maximum Gasteiger partial charge on any atom is 0.252 e. The van der Waals surface area contributed by atoms with Crippen LogP contribution in [0.15, 0.2) is 24.3 Å². The zero-order valence-corrected chi connectivity index (χ0v) is 32.4. The number of likely N-dealkylation sites (N-methyl/N-ethyl adjacent to an activating group) is 1. The molecule has 15 nitrogen and oxygen atoms in total. The standard InChI is InChI=1S/C38H60N6O9/c1-24(2)15-19-53-28-13-10-12-27(21-28)33(45)41-30-22-51-17-8-9-18-52-23-31(38(50)43(6)7)42-36(48)32-14-11-16-44(32)37(49)26(5)39-34(46)29(20-25(3)4)40-35(30)47/h10,12-13,21,24-26,29-32H,8-9,11,14-20,22-23H2,1-7H3,(H,39,46)(H,40,47)(H,41,45)(H,42,48)/t26-,29-,30-,31-,32-/m0/s1. The van der Waals surface area contributed by atoms with Gasteiger partial charge in [0.1, 0.15) is 36.0 Å². The third-order valence-corrected chi connectivity index (χ3v) is 9.04. The van der Waals surface area contributed by atoms with Gasteiger partial charge in [-0.2, -0.15) is 0 Å². The third-order valence-electron chi connectivity index (χ3n) is 9.04. The maximum absolute atomic E-state index is 13.8. The molecule has 0 spiro atoms. The van der Waals surface area contributed by atoms with Gasteiger partial charge >= 0.3 is 0 Å². The highest BCUT2D eigenvalue weighted by molar-refractivity contribution is 5.99. The minimum atomic E-state index is -1.15. The highest BCUT2D eigenvalue weighted by atomic mass is 16.5. The quantitative estimate of drug-likeness (QED) is 0.292. The van der Waals surface area contributed by atoms with Crippen molar-refractivity contribution >= 4 is 35.4 Å². The highest BCUT2D eigenvalue weighted by Crippen LogP contribution is 2.20. The number of hydrogen-bond acceptors (Lipinski definition) is 9. The Labute approximate surface area is 313 Å². The Morgan fingerprint density at radius 1 is 0.925 bits per heavy atom. The highest BCUT2D eigenvalue weighted by Gasteiger charge is 2.39. The van der Waals surface area contributed by atoms with Crippen LogP contribution in [0.25, 0.3) is 0 Å². The lowest BCUT2D eigenvalue weighted by Crippen LogP contribution is -2.59. The van der Waals surface area contributed by atoms with E-state index >= 15 is 0 Å². The van der Waals surface area contributed by atoms with Crippen LogP contribution < -0.4 is 26.0 Å². The molecule has 2 aliphatic rings. The fourth-order valence-corrected chi connectivity index (χ4v) is 6.03. The van der Waals surface area contributed by atoms with Crippen molar-refractivity contribution in [3.8, 4) is 5.75 Å². The average molecular weight is 745 g/mol. The number of ether oxygens (including phenoxy) is 3. The summed E-state index contributed by atoms with van der Waals surface area (Å²) in [6, 6.07) is 1.71. The summed E-state index contributed by atoms with van der Waals surface area (Å²) in [5.74, 6) is -2.02. The number of rotatable bonds is 9. The molecular weight excluding hydrogens is 684 g/mol. The lowest BCUT2D eigenvalue weighted by atomic mass is 10.0. The number of benzene rings is 1. The van der Waals surface area contributed by atoms with Crippen molar-refractivity contribution < 1.29 is 43.0 Å². The normalized spacial score (nSPS) is 24.4. The summed E-state index contributed by atoms with van der Waals surface area (Å²) in [7, 11) is 3.17. The number of amides is 6. The molecule has 15 heteroatoms. The van der Waals surface area contributed by atoms with Gasteiger partial charge in [0.2, 0.25) is 29.5 Å². The molecule has 3 rings (SSSR count). The van der Waals surface area contributed by atoms with Crippen molar-refractivity contribution in [1.82, 2.24) is 31.1 Å². The molecule has 2 aliphatic heterocycles. The van der Waals surface area contributed by atoms with E-state index in [9.17, 15) is 28.8 Å². The summed E-state index contributed by atoms with van der Waals surface area (Å²) in [5, 5.41) is 11.1. The van der Waals surface area contributed by atoms with Crippen LogP contribution in [0.4, 0.5) is 0 Å². The number of carbonyl (C=O) groups excluding carboxylic acids is 6. The number of nitrogens with zero attached hydrogens (tertiary/aromatic N) is 2. The summed E-state index contributed by atoms with van der Waals surface area (Å²) >= 11 is 0. The monoisotopic (exact) mass is 744 g/mol. The Kier molecular flexibility index (Phi) is 17.5. The van der Waals surface area contributed by atoms with Gasteiger partial charge in [0, 0.05) is 39.4 Å².